The van der Waals surface area contributed by atoms with Gasteiger partial charge in [0.15, 0.2) is 6.61 Å². The van der Waals surface area contributed by atoms with Crippen LogP contribution in [0.1, 0.15) is 57.1 Å². The largest absolute Gasteiger partial charge is 0.483 e. The van der Waals surface area contributed by atoms with Gasteiger partial charge in [-0.2, -0.15) is 0 Å². The fourth-order valence-corrected chi connectivity index (χ4v) is 3.94. The first-order chi connectivity index (χ1) is 14.1. The lowest BCUT2D eigenvalue weighted by molar-refractivity contribution is -0.132. The van der Waals surface area contributed by atoms with Gasteiger partial charge in [0.2, 0.25) is 11.8 Å². The maximum Gasteiger partial charge on any atom is 0.260 e. The van der Waals surface area contributed by atoms with E-state index >= 15 is 0 Å². The number of amides is 3. The van der Waals surface area contributed by atoms with Crippen LogP contribution < -0.4 is 10.1 Å². The van der Waals surface area contributed by atoms with Crippen LogP contribution in [0.15, 0.2) is 24.3 Å². The van der Waals surface area contributed by atoms with E-state index in [0.29, 0.717) is 31.6 Å². The number of carbonyl (C=O) groups excluding carboxylic acids is 3. The van der Waals surface area contributed by atoms with Crippen molar-refractivity contribution in [1.82, 2.24) is 15.1 Å². The standard InChI is InChI=1S/C22H31N3O4/c1-2-18(23-20(26)11-15-25-14-7-10-21(25)27)17-8-3-4-9-19(17)29-16-22(28)24-12-5-6-13-24/h3-4,8-9,18H,2,5-7,10-16H2,1H3,(H,23,26). The smallest absolute Gasteiger partial charge is 0.260 e. The predicted octanol–water partition coefficient (Wildman–Crippen LogP) is 2.27. The van der Waals surface area contributed by atoms with Gasteiger partial charge in [0.25, 0.3) is 5.91 Å². The summed E-state index contributed by atoms with van der Waals surface area (Å²) in [5.74, 6) is 0.678. The van der Waals surface area contributed by atoms with Crippen LogP contribution in [0.5, 0.6) is 5.75 Å². The molecule has 2 heterocycles. The van der Waals surface area contributed by atoms with Crippen molar-refractivity contribution >= 4 is 17.7 Å². The Labute approximate surface area is 172 Å². The summed E-state index contributed by atoms with van der Waals surface area (Å²) in [6.45, 7) is 4.82. The number of nitrogens with zero attached hydrogens (tertiary/aromatic N) is 2. The minimum atomic E-state index is -0.199. The van der Waals surface area contributed by atoms with E-state index in [1.54, 1.807) is 4.90 Å². The van der Waals surface area contributed by atoms with E-state index in [9.17, 15) is 14.4 Å². The van der Waals surface area contributed by atoms with E-state index < -0.39 is 0 Å². The van der Waals surface area contributed by atoms with E-state index in [-0.39, 0.29) is 30.4 Å². The van der Waals surface area contributed by atoms with Crippen LogP contribution in [0.3, 0.4) is 0 Å². The Morgan fingerprint density at radius 1 is 1.14 bits per heavy atom. The number of hydrogen-bond acceptors (Lipinski definition) is 4. The van der Waals surface area contributed by atoms with Gasteiger partial charge in [-0.05, 0) is 31.7 Å². The molecule has 0 aliphatic carbocycles. The summed E-state index contributed by atoms with van der Waals surface area (Å²) in [6.07, 6.45) is 4.55. The number of nitrogens with one attached hydrogen (secondary N) is 1. The quantitative estimate of drug-likeness (QED) is 0.688. The Morgan fingerprint density at radius 3 is 2.59 bits per heavy atom. The third kappa shape index (κ3) is 5.71. The fraction of sp³-hybridized carbons (Fsp3) is 0.591. The average molecular weight is 402 g/mol. The highest BCUT2D eigenvalue weighted by Gasteiger charge is 2.23. The minimum absolute atomic E-state index is 0.00432. The van der Waals surface area contributed by atoms with Crippen LogP contribution in [-0.2, 0) is 14.4 Å². The van der Waals surface area contributed by atoms with Crippen LogP contribution in [-0.4, -0.2) is 60.3 Å². The molecule has 158 valence electrons. The molecule has 3 amide bonds. The van der Waals surface area contributed by atoms with Gasteiger partial charge in [0.1, 0.15) is 5.75 Å². The summed E-state index contributed by atoms with van der Waals surface area (Å²) in [7, 11) is 0. The molecule has 1 aromatic carbocycles. The Morgan fingerprint density at radius 2 is 1.90 bits per heavy atom. The van der Waals surface area contributed by atoms with Gasteiger partial charge in [0, 0.05) is 44.6 Å². The lowest BCUT2D eigenvalue weighted by Crippen LogP contribution is -2.34. The highest BCUT2D eigenvalue weighted by Crippen LogP contribution is 2.27. The molecule has 7 nitrogen and oxygen atoms in total. The molecule has 2 saturated heterocycles. The van der Waals surface area contributed by atoms with Crippen LogP contribution >= 0.6 is 0 Å². The molecule has 0 radical (unpaired) electrons. The third-order valence-electron chi connectivity index (χ3n) is 5.63. The zero-order valence-electron chi connectivity index (χ0n) is 17.2. The number of hydrogen-bond donors (Lipinski definition) is 1. The summed E-state index contributed by atoms with van der Waals surface area (Å²) >= 11 is 0. The number of ether oxygens (including phenoxy) is 1. The van der Waals surface area contributed by atoms with E-state index in [2.05, 4.69) is 5.32 Å². The summed E-state index contributed by atoms with van der Waals surface area (Å²) < 4.78 is 5.84. The normalized spacial score (nSPS) is 17.5. The van der Waals surface area contributed by atoms with Gasteiger partial charge in [-0.15, -0.1) is 0 Å². The maximum atomic E-state index is 12.4. The second-order valence-electron chi connectivity index (χ2n) is 7.68. The van der Waals surface area contributed by atoms with E-state index in [1.807, 2.05) is 36.1 Å². The molecule has 1 aromatic rings. The van der Waals surface area contributed by atoms with Gasteiger partial charge in [0.05, 0.1) is 6.04 Å². The van der Waals surface area contributed by atoms with Crippen molar-refractivity contribution in [1.29, 1.82) is 0 Å². The van der Waals surface area contributed by atoms with Gasteiger partial charge in [-0.1, -0.05) is 25.1 Å². The molecule has 0 saturated carbocycles. The molecular formula is C22H31N3O4. The molecular weight excluding hydrogens is 370 g/mol. The lowest BCUT2D eigenvalue weighted by atomic mass is 10.0. The molecule has 2 fully saturated rings. The molecule has 7 heteroatoms. The van der Waals surface area contributed by atoms with E-state index in [1.165, 1.54) is 0 Å². The van der Waals surface area contributed by atoms with E-state index in [4.69, 9.17) is 4.74 Å². The highest BCUT2D eigenvalue weighted by molar-refractivity contribution is 5.80. The SMILES string of the molecule is CCC(NC(=O)CCN1CCCC1=O)c1ccccc1OCC(=O)N1CCCC1. The zero-order valence-corrected chi connectivity index (χ0v) is 17.2. The summed E-state index contributed by atoms with van der Waals surface area (Å²) in [5, 5.41) is 3.05. The van der Waals surface area contributed by atoms with Crippen molar-refractivity contribution in [3.8, 4) is 5.75 Å². The molecule has 3 rings (SSSR count). The Balaban J connectivity index is 1.56. The van der Waals surface area contributed by atoms with Gasteiger partial charge < -0.3 is 19.9 Å². The third-order valence-corrected chi connectivity index (χ3v) is 5.63. The number of carbonyl (C=O) groups is 3. The predicted molar refractivity (Wildman–Crippen MR) is 109 cm³/mol. The first-order valence-corrected chi connectivity index (χ1v) is 10.6. The van der Waals surface area contributed by atoms with Crippen molar-refractivity contribution in [2.75, 3.05) is 32.8 Å². The van der Waals surface area contributed by atoms with E-state index in [0.717, 1.165) is 44.5 Å². The fourth-order valence-electron chi connectivity index (χ4n) is 3.94. The highest BCUT2D eigenvalue weighted by atomic mass is 16.5. The summed E-state index contributed by atoms with van der Waals surface area (Å²) in [5.41, 5.74) is 0.870. The second kappa shape index (κ2) is 10.3. The van der Waals surface area contributed by atoms with Gasteiger partial charge >= 0.3 is 0 Å². The Kier molecular flexibility index (Phi) is 7.49. The lowest BCUT2D eigenvalue weighted by Gasteiger charge is -2.22. The van der Waals surface area contributed by atoms with Crippen molar-refractivity contribution in [3.63, 3.8) is 0 Å². The molecule has 0 aromatic heterocycles. The first-order valence-electron chi connectivity index (χ1n) is 10.6. The first kappa shape index (κ1) is 21.1. The van der Waals surface area contributed by atoms with Gasteiger partial charge in [-0.25, -0.2) is 0 Å². The minimum Gasteiger partial charge on any atom is -0.483 e. The van der Waals surface area contributed by atoms with Crippen LogP contribution in [0.2, 0.25) is 0 Å². The summed E-state index contributed by atoms with van der Waals surface area (Å²) in [6, 6.07) is 7.34. The maximum absolute atomic E-state index is 12.4. The molecule has 2 aliphatic rings. The molecule has 2 aliphatic heterocycles. The zero-order chi connectivity index (χ0) is 20.6. The second-order valence-corrected chi connectivity index (χ2v) is 7.68. The molecule has 29 heavy (non-hydrogen) atoms. The van der Waals surface area contributed by atoms with Crippen LogP contribution in [0, 0.1) is 0 Å². The summed E-state index contributed by atoms with van der Waals surface area (Å²) in [4.78, 5) is 40.0. The number of para-hydroxylation sites is 1. The van der Waals surface area contributed by atoms with Crippen molar-refractivity contribution in [3.05, 3.63) is 29.8 Å². The molecule has 0 spiro atoms. The Bertz CT molecular complexity index is 731. The molecule has 1 atom stereocenters. The van der Waals surface area contributed by atoms with Gasteiger partial charge in [-0.3, -0.25) is 14.4 Å². The molecule has 1 N–H and O–H groups in total. The monoisotopic (exact) mass is 401 g/mol. The molecule has 0 bridgehead atoms. The molecule has 1 unspecified atom stereocenters. The van der Waals surface area contributed by atoms with Crippen molar-refractivity contribution < 1.29 is 19.1 Å². The van der Waals surface area contributed by atoms with Crippen LogP contribution in [0.25, 0.3) is 0 Å². The number of likely N-dealkylation sites (tertiary alicyclic amines) is 2. The number of rotatable bonds is 9. The average Bonchev–Trinajstić information content (AvgIpc) is 3.41. The topological polar surface area (TPSA) is 79.0 Å². The number of benzene rings is 1. The van der Waals surface area contributed by atoms with Crippen molar-refractivity contribution in [2.24, 2.45) is 0 Å². The van der Waals surface area contributed by atoms with Crippen molar-refractivity contribution in [2.45, 2.75) is 51.5 Å². The van der Waals surface area contributed by atoms with Crippen LogP contribution in [0.4, 0.5) is 0 Å². The Hall–Kier alpha value is -2.57.